The number of thioether (sulfide) groups is 1. The van der Waals surface area contributed by atoms with E-state index in [1.807, 2.05) is 42.7 Å². The summed E-state index contributed by atoms with van der Waals surface area (Å²) in [6.07, 6.45) is 2.47. The molecule has 0 saturated carbocycles. The van der Waals surface area contributed by atoms with Crippen LogP contribution in [-0.2, 0) is 14.3 Å². The van der Waals surface area contributed by atoms with Crippen molar-refractivity contribution in [3.05, 3.63) is 59.7 Å². The molecule has 8 heteroatoms. The number of nitrogens with one attached hydrogen (secondary N) is 2. The molecule has 0 aromatic heterocycles. The Balaban J connectivity index is 1.64. The van der Waals surface area contributed by atoms with Crippen LogP contribution in [0.1, 0.15) is 50.2 Å². The van der Waals surface area contributed by atoms with Crippen LogP contribution in [0.15, 0.2) is 48.5 Å². The highest BCUT2D eigenvalue weighted by Crippen LogP contribution is 2.44. The number of aliphatic carboxylic acids is 1. The van der Waals surface area contributed by atoms with E-state index >= 15 is 0 Å². The van der Waals surface area contributed by atoms with Crippen molar-refractivity contribution in [1.82, 2.24) is 10.6 Å². The van der Waals surface area contributed by atoms with Gasteiger partial charge in [0, 0.05) is 12.5 Å². The van der Waals surface area contributed by atoms with Crippen LogP contribution < -0.4 is 10.6 Å². The van der Waals surface area contributed by atoms with E-state index in [1.54, 1.807) is 25.6 Å². The molecule has 0 radical (unpaired) electrons. The molecule has 0 bridgehead atoms. The van der Waals surface area contributed by atoms with Crippen LogP contribution in [0.25, 0.3) is 11.1 Å². The smallest absolute Gasteiger partial charge is 0.407 e. The zero-order valence-corrected chi connectivity index (χ0v) is 21.3. The quantitative estimate of drug-likeness (QED) is 0.393. The average Bonchev–Trinajstić information content (AvgIpc) is 3.19. The fourth-order valence-electron chi connectivity index (χ4n) is 4.54. The third kappa shape index (κ3) is 5.99. The zero-order chi connectivity index (χ0) is 25.4. The van der Waals surface area contributed by atoms with Gasteiger partial charge in [-0.2, -0.15) is 11.8 Å². The van der Waals surface area contributed by atoms with Gasteiger partial charge in [-0.25, -0.2) is 4.79 Å². The molecule has 2 amide bonds. The molecule has 0 spiro atoms. The lowest BCUT2D eigenvalue weighted by atomic mass is 9.82. The molecule has 7 nitrogen and oxygen atoms in total. The first kappa shape index (κ1) is 26.6. The Bertz CT molecular complexity index is 1010. The molecular formula is C27H34N2O5S. The number of carbonyl (C=O) groups excluding carboxylic acids is 2. The van der Waals surface area contributed by atoms with Crippen molar-refractivity contribution >= 4 is 29.7 Å². The van der Waals surface area contributed by atoms with Crippen molar-refractivity contribution in [3.63, 3.8) is 0 Å². The number of carboxylic acid groups (broad SMARTS) is 1. The van der Waals surface area contributed by atoms with Crippen LogP contribution >= 0.6 is 11.8 Å². The fourth-order valence-corrected chi connectivity index (χ4v) is 5.02. The molecule has 3 rings (SSSR count). The number of ether oxygens (including phenoxy) is 1. The van der Waals surface area contributed by atoms with Crippen molar-refractivity contribution in [3.8, 4) is 11.1 Å². The maximum absolute atomic E-state index is 12.9. The number of rotatable bonds is 12. The van der Waals surface area contributed by atoms with Crippen molar-refractivity contribution in [2.24, 2.45) is 5.41 Å². The van der Waals surface area contributed by atoms with Gasteiger partial charge in [-0.05, 0) is 53.5 Å². The topological polar surface area (TPSA) is 105 Å². The summed E-state index contributed by atoms with van der Waals surface area (Å²) < 4.78 is 5.60. The van der Waals surface area contributed by atoms with Crippen LogP contribution in [0.5, 0.6) is 0 Å². The number of hydrogen-bond acceptors (Lipinski definition) is 5. The maximum Gasteiger partial charge on any atom is 0.407 e. The van der Waals surface area contributed by atoms with E-state index in [4.69, 9.17) is 4.74 Å². The van der Waals surface area contributed by atoms with Crippen molar-refractivity contribution in [2.45, 2.75) is 45.1 Å². The van der Waals surface area contributed by atoms with Crippen molar-refractivity contribution in [2.75, 3.05) is 25.2 Å². The molecule has 1 aliphatic rings. The summed E-state index contributed by atoms with van der Waals surface area (Å²) in [5.41, 5.74) is 3.49. The van der Waals surface area contributed by atoms with E-state index in [1.165, 1.54) is 0 Å². The average molecular weight is 499 g/mol. The van der Waals surface area contributed by atoms with E-state index in [9.17, 15) is 19.5 Å². The molecule has 3 N–H and O–H groups in total. The van der Waals surface area contributed by atoms with Gasteiger partial charge in [0.05, 0.1) is 5.41 Å². The molecule has 1 unspecified atom stereocenters. The third-order valence-electron chi connectivity index (χ3n) is 6.97. The third-order valence-corrected chi connectivity index (χ3v) is 7.62. The lowest BCUT2D eigenvalue weighted by Crippen LogP contribution is -2.51. The van der Waals surface area contributed by atoms with Gasteiger partial charge in [0.1, 0.15) is 12.6 Å². The maximum atomic E-state index is 12.9. The van der Waals surface area contributed by atoms with Gasteiger partial charge >= 0.3 is 12.1 Å². The van der Waals surface area contributed by atoms with Crippen LogP contribution in [-0.4, -0.2) is 54.3 Å². The minimum atomic E-state index is -1.02. The van der Waals surface area contributed by atoms with Gasteiger partial charge in [0.2, 0.25) is 5.91 Å². The van der Waals surface area contributed by atoms with E-state index in [0.717, 1.165) is 22.3 Å². The Morgan fingerprint density at radius 1 is 1.03 bits per heavy atom. The molecule has 1 atom stereocenters. The Morgan fingerprint density at radius 3 is 2.11 bits per heavy atom. The molecule has 0 heterocycles. The monoisotopic (exact) mass is 498 g/mol. The van der Waals surface area contributed by atoms with Crippen LogP contribution in [0, 0.1) is 5.41 Å². The Hall–Kier alpha value is -3.00. The normalized spacial score (nSPS) is 13.5. The van der Waals surface area contributed by atoms with Crippen LogP contribution in [0.3, 0.4) is 0 Å². The summed E-state index contributed by atoms with van der Waals surface area (Å²) >= 11 is 1.56. The first-order chi connectivity index (χ1) is 16.9. The minimum absolute atomic E-state index is 0.0102. The number of carboxylic acids is 1. The summed E-state index contributed by atoms with van der Waals surface area (Å²) in [5, 5.41) is 15.1. The summed E-state index contributed by atoms with van der Waals surface area (Å²) in [6, 6.07) is 15.4. The lowest BCUT2D eigenvalue weighted by molar-refractivity contribution is -0.149. The molecule has 0 aliphatic heterocycles. The highest BCUT2D eigenvalue weighted by atomic mass is 32.2. The largest absolute Gasteiger partial charge is 0.481 e. The number of fused-ring (bicyclic) bond motifs is 3. The summed E-state index contributed by atoms with van der Waals surface area (Å²) in [7, 11) is 0. The van der Waals surface area contributed by atoms with E-state index < -0.39 is 29.4 Å². The number of benzene rings is 2. The van der Waals surface area contributed by atoms with E-state index in [0.29, 0.717) is 25.0 Å². The van der Waals surface area contributed by atoms with Crippen LogP contribution in [0.4, 0.5) is 4.79 Å². The highest BCUT2D eigenvalue weighted by Gasteiger charge is 2.36. The second kappa shape index (κ2) is 12.1. The Labute approximate surface area is 211 Å². The zero-order valence-electron chi connectivity index (χ0n) is 20.5. The SMILES string of the molecule is CCC(CC)(CNC(=O)C(CCSC)NC(=O)OCC1c2ccccc2-c2ccccc21)C(=O)O. The van der Waals surface area contributed by atoms with Gasteiger partial charge in [0.15, 0.2) is 0 Å². The Morgan fingerprint density at radius 2 is 1.60 bits per heavy atom. The molecule has 35 heavy (non-hydrogen) atoms. The predicted octanol–water partition coefficient (Wildman–Crippen LogP) is 4.65. The highest BCUT2D eigenvalue weighted by molar-refractivity contribution is 7.98. The summed E-state index contributed by atoms with van der Waals surface area (Å²) in [4.78, 5) is 37.4. The van der Waals surface area contributed by atoms with Gasteiger partial charge in [-0.15, -0.1) is 0 Å². The lowest BCUT2D eigenvalue weighted by Gasteiger charge is -2.28. The van der Waals surface area contributed by atoms with Crippen molar-refractivity contribution < 1.29 is 24.2 Å². The van der Waals surface area contributed by atoms with Crippen molar-refractivity contribution in [1.29, 1.82) is 0 Å². The molecule has 0 saturated heterocycles. The summed E-state index contributed by atoms with van der Waals surface area (Å²) in [6.45, 7) is 3.76. The Kier molecular flexibility index (Phi) is 9.20. The molecule has 1 aliphatic carbocycles. The number of alkyl carbamates (subject to hydrolysis) is 1. The summed E-state index contributed by atoms with van der Waals surface area (Å²) in [5.74, 6) is -0.752. The molecular weight excluding hydrogens is 464 g/mol. The van der Waals surface area contributed by atoms with E-state index in [2.05, 4.69) is 22.8 Å². The number of amides is 2. The second-order valence-electron chi connectivity index (χ2n) is 8.81. The molecule has 188 valence electrons. The number of carbonyl (C=O) groups is 3. The van der Waals surface area contributed by atoms with E-state index in [-0.39, 0.29) is 19.1 Å². The predicted molar refractivity (Wildman–Crippen MR) is 139 cm³/mol. The molecule has 2 aromatic rings. The first-order valence-electron chi connectivity index (χ1n) is 12.0. The minimum Gasteiger partial charge on any atom is -0.481 e. The van der Waals surface area contributed by atoms with Gasteiger partial charge < -0.3 is 20.5 Å². The van der Waals surface area contributed by atoms with Gasteiger partial charge in [-0.3, -0.25) is 9.59 Å². The molecule has 0 fully saturated rings. The fraction of sp³-hybridized carbons (Fsp3) is 0.444. The number of hydrogen-bond donors (Lipinski definition) is 3. The molecule has 2 aromatic carbocycles. The van der Waals surface area contributed by atoms with Crippen LogP contribution in [0.2, 0.25) is 0 Å². The van der Waals surface area contributed by atoms with Gasteiger partial charge in [0.25, 0.3) is 0 Å². The second-order valence-corrected chi connectivity index (χ2v) is 9.80. The standard InChI is InChI=1S/C27H34N2O5S/c1-4-27(5-2,25(31)32)17-28-24(30)23(14-15-35-3)29-26(33)34-16-22-20-12-8-6-10-18(20)19-11-7-9-13-21(19)22/h6-13,22-23H,4-5,14-17H2,1-3H3,(H,28,30)(H,29,33)(H,31,32). The first-order valence-corrected chi connectivity index (χ1v) is 13.4. The van der Waals surface area contributed by atoms with Gasteiger partial charge in [-0.1, -0.05) is 62.4 Å².